The van der Waals surface area contributed by atoms with Crippen LogP contribution in [0.2, 0.25) is 0 Å². The highest BCUT2D eigenvalue weighted by atomic mass is 16.1. The summed E-state index contributed by atoms with van der Waals surface area (Å²) in [6.45, 7) is 7.34. The maximum atomic E-state index is 11.9. The molecule has 2 fully saturated rings. The molecule has 0 unspecified atom stereocenters. The molecule has 9 heteroatoms. The highest BCUT2D eigenvalue weighted by Crippen LogP contribution is 2.37. The summed E-state index contributed by atoms with van der Waals surface area (Å²) in [5.41, 5.74) is 6.35. The van der Waals surface area contributed by atoms with E-state index >= 15 is 0 Å². The van der Waals surface area contributed by atoms with Gasteiger partial charge in [0.25, 0.3) is 5.91 Å². The van der Waals surface area contributed by atoms with Crippen molar-refractivity contribution in [3.8, 4) is 11.3 Å². The van der Waals surface area contributed by atoms with Crippen LogP contribution in [0.1, 0.15) is 36.2 Å². The SMILES string of the molecule is CC(C)N1C[C@H]2C[C@@H]1CN2c1cccc(Nc2ncc(-c3ccc4c(c3)CNC4=O)n3ncnc23)c1. The van der Waals surface area contributed by atoms with Gasteiger partial charge in [-0.15, -0.1) is 0 Å². The van der Waals surface area contributed by atoms with Crippen molar-refractivity contribution in [2.45, 2.75) is 44.9 Å². The summed E-state index contributed by atoms with van der Waals surface area (Å²) in [6, 6.07) is 16.2. The fourth-order valence-corrected chi connectivity index (χ4v) is 6.04. The quantitative estimate of drug-likeness (QED) is 0.452. The number of amides is 1. The number of likely N-dealkylation sites (tertiary alicyclic amines) is 1. The van der Waals surface area contributed by atoms with Crippen molar-refractivity contribution in [1.82, 2.24) is 29.8 Å². The summed E-state index contributed by atoms with van der Waals surface area (Å²) >= 11 is 0. The Bertz CT molecular complexity index is 1490. The van der Waals surface area contributed by atoms with Crippen molar-refractivity contribution in [3.05, 3.63) is 66.1 Å². The van der Waals surface area contributed by atoms with Crippen molar-refractivity contribution in [2.75, 3.05) is 23.3 Å². The maximum Gasteiger partial charge on any atom is 0.251 e. The lowest BCUT2D eigenvalue weighted by atomic mass is 10.0. The second kappa shape index (κ2) is 8.03. The number of nitrogens with one attached hydrogen (secondary N) is 2. The van der Waals surface area contributed by atoms with E-state index in [4.69, 9.17) is 4.98 Å². The van der Waals surface area contributed by atoms with Gasteiger partial charge >= 0.3 is 0 Å². The van der Waals surface area contributed by atoms with Crippen LogP contribution in [0.3, 0.4) is 0 Å². The molecule has 9 nitrogen and oxygen atoms in total. The van der Waals surface area contributed by atoms with Gasteiger partial charge in [-0.1, -0.05) is 12.1 Å². The fourth-order valence-electron chi connectivity index (χ4n) is 6.04. The highest BCUT2D eigenvalue weighted by molar-refractivity contribution is 5.98. The lowest BCUT2D eigenvalue weighted by Gasteiger charge is -2.37. The minimum atomic E-state index is -0.0265. The van der Waals surface area contributed by atoms with Gasteiger partial charge < -0.3 is 15.5 Å². The zero-order chi connectivity index (χ0) is 24.4. The molecular formula is C27H28N8O. The van der Waals surface area contributed by atoms with Gasteiger partial charge in [-0.2, -0.15) is 5.10 Å². The molecule has 36 heavy (non-hydrogen) atoms. The lowest BCUT2D eigenvalue weighted by molar-refractivity contribution is 0.0965. The Kier molecular flexibility index (Phi) is 4.75. The molecule has 1 amide bonds. The molecule has 0 aliphatic carbocycles. The Morgan fingerprint density at radius 3 is 2.83 bits per heavy atom. The first-order chi connectivity index (χ1) is 17.5. The van der Waals surface area contributed by atoms with E-state index in [1.165, 1.54) is 12.1 Å². The number of nitrogens with zero attached hydrogens (tertiary/aromatic N) is 6. The number of aromatic nitrogens is 4. The lowest BCUT2D eigenvalue weighted by Crippen LogP contribution is -2.48. The average molecular weight is 481 g/mol. The summed E-state index contributed by atoms with van der Waals surface area (Å²) in [6.07, 6.45) is 4.59. The monoisotopic (exact) mass is 480 g/mol. The van der Waals surface area contributed by atoms with E-state index in [9.17, 15) is 4.79 Å². The van der Waals surface area contributed by atoms with Crippen molar-refractivity contribution in [3.63, 3.8) is 0 Å². The summed E-state index contributed by atoms with van der Waals surface area (Å²) in [7, 11) is 0. The van der Waals surface area contributed by atoms with E-state index in [1.807, 2.05) is 18.2 Å². The van der Waals surface area contributed by atoms with E-state index < -0.39 is 0 Å². The van der Waals surface area contributed by atoms with Gasteiger partial charge in [0, 0.05) is 60.3 Å². The molecule has 7 rings (SSSR count). The fraction of sp³-hybridized carbons (Fsp3) is 0.333. The number of rotatable bonds is 5. The summed E-state index contributed by atoms with van der Waals surface area (Å²) in [5, 5.41) is 10.8. The van der Waals surface area contributed by atoms with Gasteiger partial charge in [0.15, 0.2) is 11.5 Å². The number of hydrogen-bond donors (Lipinski definition) is 2. The molecule has 182 valence electrons. The number of hydrogen-bond acceptors (Lipinski definition) is 7. The molecule has 2 N–H and O–H groups in total. The molecule has 3 aliphatic rings. The van der Waals surface area contributed by atoms with Crippen LogP contribution in [0, 0.1) is 0 Å². The Morgan fingerprint density at radius 1 is 1.08 bits per heavy atom. The molecule has 2 bridgehead atoms. The second-order valence-corrected chi connectivity index (χ2v) is 10.2. The van der Waals surface area contributed by atoms with Gasteiger partial charge in [-0.3, -0.25) is 9.69 Å². The van der Waals surface area contributed by atoms with Crippen molar-refractivity contribution in [1.29, 1.82) is 0 Å². The normalized spacial score (nSPS) is 21.0. The third-order valence-corrected chi connectivity index (χ3v) is 7.78. The molecule has 2 aromatic carbocycles. The van der Waals surface area contributed by atoms with Crippen LogP contribution in [0.5, 0.6) is 0 Å². The standard InChI is InChI=1S/C27H28N8O/c1-16(2)33-13-22-10-21(33)14-34(22)20-5-3-4-19(9-20)32-25-26-30-15-31-35(26)24(12-28-25)17-6-7-23-18(8-17)11-29-27(23)36/h3-9,12,15-16,21-22H,10-11,13-14H2,1-2H3,(H,28,32)(H,29,36)/t21-,22-/m1/s1. The second-order valence-electron chi connectivity index (χ2n) is 10.2. The van der Waals surface area contributed by atoms with Crippen LogP contribution in [-0.2, 0) is 6.54 Å². The smallest absolute Gasteiger partial charge is 0.251 e. The number of piperazine rings is 1. The first-order valence-electron chi connectivity index (χ1n) is 12.5. The van der Waals surface area contributed by atoms with Gasteiger partial charge in [0.05, 0.1) is 11.9 Å². The van der Waals surface area contributed by atoms with Gasteiger partial charge in [-0.25, -0.2) is 14.5 Å². The Balaban J connectivity index is 1.16. The Morgan fingerprint density at radius 2 is 2.00 bits per heavy atom. The number of fused-ring (bicyclic) bond motifs is 4. The van der Waals surface area contributed by atoms with Crippen LogP contribution in [-0.4, -0.2) is 61.6 Å². The number of carbonyl (C=O) groups excluding carboxylic acids is 1. The van der Waals surface area contributed by atoms with E-state index in [-0.39, 0.29) is 5.91 Å². The Labute approximate surface area is 209 Å². The van der Waals surface area contributed by atoms with E-state index in [0.29, 0.717) is 36.1 Å². The Hall–Kier alpha value is -3.98. The summed E-state index contributed by atoms with van der Waals surface area (Å²) in [5.74, 6) is 0.627. The molecule has 3 aliphatic heterocycles. The van der Waals surface area contributed by atoms with E-state index in [0.717, 1.165) is 41.2 Å². The van der Waals surface area contributed by atoms with Crippen LogP contribution < -0.4 is 15.5 Å². The van der Waals surface area contributed by atoms with Gasteiger partial charge in [-0.05, 0) is 56.2 Å². The number of anilines is 3. The largest absolute Gasteiger partial charge is 0.366 e. The minimum Gasteiger partial charge on any atom is -0.366 e. The average Bonchev–Trinajstić information content (AvgIpc) is 3.68. The van der Waals surface area contributed by atoms with Crippen LogP contribution in [0.4, 0.5) is 17.2 Å². The van der Waals surface area contributed by atoms with Crippen LogP contribution >= 0.6 is 0 Å². The molecule has 0 spiro atoms. The predicted octanol–water partition coefficient (Wildman–Crippen LogP) is 3.45. The van der Waals surface area contributed by atoms with Crippen LogP contribution in [0.15, 0.2) is 55.0 Å². The summed E-state index contributed by atoms with van der Waals surface area (Å²) in [4.78, 5) is 26.3. The number of benzene rings is 2. The maximum absolute atomic E-state index is 11.9. The van der Waals surface area contributed by atoms with Crippen molar-refractivity contribution < 1.29 is 4.79 Å². The third kappa shape index (κ3) is 3.34. The van der Waals surface area contributed by atoms with Gasteiger partial charge in [0.2, 0.25) is 0 Å². The first kappa shape index (κ1) is 21.3. The van der Waals surface area contributed by atoms with Crippen molar-refractivity contribution in [2.24, 2.45) is 0 Å². The van der Waals surface area contributed by atoms with Crippen LogP contribution in [0.25, 0.3) is 16.9 Å². The minimum absolute atomic E-state index is 0.0265. The zero-order valence-electron chi connectivity index (χ0n) is 20.3. The molecule has 0 saturated carbocycles. The molecule has 0 radical (unpaired) electrons. The molecular weight excluding hydrogens is 452 g/mol. The highest BCUT2D eigenvalue weighted by Gasteiger charge is 2.44. The predicted molar refractivity (Wildman–Crippen MR) is 138 cm³/mol. The molecule has 2 atom stereocenters. The number of carbonyl (C=O) groups is 1. The molecule has 4 aromatic rings. The molecule has 2 saturated heterocycles. The van der Waals surface area contributed by atoms with Crippen molar-refractivity contribution >= 4 is 28.7 Å². The topological polar surface area (TPSA) is 90.7 Å². The third-order valence-electron chi connectivity index (χ3n) is 7.78. The van der Waals surface area contributed by atoms with E-state index in [2.05, 4.69) is 68.6 Å². The zero-order valence-corrected chi connectivity index (χ0v) is 20.3. The first-order valence-corrected chi connectivity index (χ1v) is 12.5. The van der Waals surface area contributed by atoms with Gasteiger partial charge in [0.1, 0.15) is 6.33 Å². The van der Waals surface area contributed by atoms with E-state index in [1.54, 1.807) is 17.0 Å². The summed E-state index contributed by atoms with van der Waals surface area (Å²) < 4.78 is 1.80. The molecule has 2 aromatic heterocycles. The molecule has 5 heterocycles.